The Morgan fingerprint density at radius 2 is 2.45 bits per heavy atom. The molecule has 1 fully saturated rings. The van der Waals surface area contributed by atoms with Crippen LogP contribution in [0.4, 0.5) is 5.82 Å². The number of nitrogens with two attached hydrogens (primary N) is 1. The van der Waals surface area contributed by atoms with Crippen LogP contribution in [0.3, 0.4) is 0 Å². The number of hydrogen-bond acceptors (Lipinski definition) is 6. The molecule has 0 spiro atoms. The molecule has 6 nitrogen and oxygen atoms in total. The molecular weight excluding hydrogens is 258 g/mol. The van der Waals surface area contributed by atoms with Crippen LogP contribution >= 0.6 is 0 Å². The second-order valence-corrected chi connectivity index (χ2v) is 4.84. The molecule has 0 radical (unpaired) electrons. The molecule has 2 heterocycles. The van der Waals surface area contributed by atoms with Gasteiger partial charge in [-0.25, -0.2) is 9.78 Å². The van der Waals surface area contributed by atoms with Gasteiger partial charge in [-0.15, -0.1) is 0 Å². The summed E-state index contributed by atoms with van der Waals surface area (Å²) in [5.74, 6) is 0.481. The normalized spacial score (nSPS) is 20.6. The van der Waals surface area contributed by atoms with Crippen molar-refractivity contribution in [3.63, 3.8) is 0 Å². The second kappa shape index (κ2) is 6.67. The molecule has 2 unspecified atom stereocenters. The fourth-order valence-corrected chi connectivity index (χ4v) is 2.11. The first-order valence-corrected chi connectivity index (χ1v) is 6.87. The van der Waals surface area contributed by atoms with Crippen molar-refractivity contribution in [1.29, 1.82) is 0 Å². The summed E-state index contributed by atoms with van der Waals surface area (Å²) in [4.78, 5) is 18.0. The van der Waals surface area contributed by atoms with Gasteiger partial charge in [0.05, 0.1) is 24.9 Å². The predicted octanol–water partition coefficient (Wildman–Crippen LogP) is 0.811. The lowest BCUT2D eigenvalue weighted by Gasteiger charge is -2.35. The van der Waals surface area contributed by atoms with Gasteiger partial charge in [-0.05, 0) is 26.0 Å². The molecule has 2 rings (SSSR count). The SMILES string of the molecule is CCOC(=O)c1ccc(N2CCOC(C(C)N)C2)nc1. The zero-order chi connectivity index (χ0) is 14.5. The van der Waals surface area contributed by atoms with E-state index in [4.69, 9.17) is 15.2 Å². The van der Waals surface area contributed by atoms with Crippen molar-refractivity contribution in [2.45, 2.75) is 26.0 Å². The molecule has 0 amide bonds. The zero-order valence-electron chi connectivity index (χ0n) is 11.9. The van der Waals surface area contributed by atoms with E-state index in [0.29, 0.717) is 25.3 Å². The fraction of sp³-hybridized carbons (Fsp3) is 0.571. The van der Waals surface area contributed by atoms with E-state index in [1.54, 1.807) is 19.2 Å². The van der Waals surface area contributed by atoms with E-state index in [1.165, 1.54) is 0 Å². The molecule has 1 aliphatic heterocycles. The van der Waals surface area contributed by atoms with Crippen molar-refractivity contribution in [2.24, 2.45) is 5.73 Å². The number of carbonyl (C=O) groups is 1. The van der Waals surface area contributed by atoms with Gasteiger partial charge in [0.25, 0.3) is 0 Å². The highest BCUT2D eigenvalue weighted by molar-refractivity contribution is 5.89. The third kappa shape index (κ3) is 3.46. The monoisotopic (exact) mass is 279 g/mol. The number of morpholine rings is 1. The topological polar surface area (TPSA) is 77.7 Å². The fourth-order valence-electron chi connectivity index (χ4n) is 2.11. The lowest BCUT2D eigenvalue weighted by molar-refractivity contribution is 0.0273. The van der Waals surface area contributed by atoms with E-state index >= 15 is 0 Å². The molecule has 20 heavy (non-hydrogen) atoms. The molecule has 6 heteroatoms. The van der Waals surface area contributed by atoms with E-state index in [1.807, 2.05) is 13.0 Å². The molecule has 0 aromatic carbocycles. The summed E-state index contributed by atoms with van der Waals surface area (Å²) in [6.07, 6.45) is 1.55. The standard InChI is InChI=1S/C14H21N3O3/c1-3-19-14(18)11-4-5-13(16-8-11)17-6-7-20-12(9-17)10(2)15/h4-5,8,10,12H,3,6-7,9,15H2,1-2H3. The van der Waals surface area contributed by atoms with Crippen LogP contribution in [0.15, 0.2) is 18.3 Å². The lowest BCUT2D eigenvalue weighted by atomic mass is 10.1. The number of aromatic nitrogens is 1. The number of carbonyl (C=O) groups excluding carboxylic acids is 1. The average Bonchev–Trinajstić information content (AvgIpc) is 2.48. The molecule has 0 bridgehead atoms. The highest BCUT2D eigenvalue weighted by Gasteiger charge is 2.24. The molecule has 1 saturated heterocycles. The van der Waals surface area contributed by atoms with Gasteiger partial charge < -0.3 is 20.1 Å². The molecule has 2 atom stereocenters. The van der Waals surface area contributed by atoms with Crippen LogP contribution in [0.2, 0.25) is 0 Å². The first-order chi connectivity index (χ1) is 9.61. The summed E-state index contributed by atoms with van der Waals surface area (Å²) in [5, 5.41) is 0. The van der Waals surface area contributed by atoms with Crippen molar-refractivity contribution < 1.29 is 14.3 Å². The Kier molecular flexibility index (Phi) is 4.92. The van der Waals surface area contributed by atoms with E-state index in [9.17, 15) is 4.79 Å². The van der Waals surface area contributed by atoms with Gasteiger partial charge in [0.15, 0.2) is 0 Å². The van der Waals surface area contributed by atoms with Crippen LogP contribution in [0.5, 0.6) is 0 Å². The van der Waals surface area contributed by atoms with Crippen LogP contribution in [0, 0.1) is 0 Å². The molecular formula is C14H21N3O3. The maximum Gasteiger partial charge on any atom is 0.339 e. The Balaban J connectivity index is 2.04. The number of nitrogens with zero attached hydrogens (tertiary/aromatic N) is 2. The van der Waals surface area contributed by atoms with Crippen LogP contribution in [0.1, 0.15) is 24.2 Å². The molecule has 1 aliphatic rings. The maximum atomic E-state index is 11.6. The van der Waals surface area contributed by atoms with Crippen molar-refractivity contribution >= 4 is 11.8 Å². The number of rotatable bonds is 4. The van der Waals surface area contributed by atoms with Crippen molar-refractivity contribution in [1.82, 2.24) is 4.98 Å². The van der Waals surface area contributed by atoms with Crippen LogP contribution < -0.4 is 10.6 Å². The Hall–Kier alpha value is -1.66. The number of esters is 1. The quantitative estimate of drug-likeness (QED) is 0.822. The summed E-state index contributed by atoms with van der Waals surface area (Å²) in [7, 11) is 0. The first-order valence-electron chi connectivity index (χ1n) is 6.87. The Morgan fingerprint density at radius 3 is 3.05 bits per heavy atom. The van der Waals surface area contributed by atoms with E-state index in [-0.39, 0.29) is 18.1 Å². The highest BCUT2D eigenvalue weighted by atomic mass is 16.5. The number of anilines is 1. The van der Waals surface area contributed by atoms with Gasteiger partial charge in [-0.2, -0.15) is 0 Å². The number of ether oxygens (including phenoxy) is 2. The van der Waals surface area contributed by atoms with Crippen LogP contribution in [0.25, 0.3) is 0 Å². The van der Waals surface area contributed by atoms with Crippen LogP contribution in [-0.4, -0.2) is 49.4 Å². The minimum atomic E-state index is -0.345. The summed E-state index contributed by atoms with van der Waals surface area (Å²) in [6.45, 7) is 6.19. The summed E-state index contributed by atoms with van der Waals surface area (Å²) in [5.41, 5.74) is 6.34. The first kappa shape index (κ1) is 14.7. The van der Waals surface area contributed by atoms with Gasteiger partial charge >= 0.3 is 5.97 Å². The third-order valence-electron chi connectivity index (χ3n) is 3.26. The average molecular weight is 279 g/mol. The molecule has 2 N–H and O–H groups in total. The third-order valence-corrected chi connectivity index (χ3v) is 3.26. The smallest absolute Gasteiger partial charge is 0.339 e. The minimum Gasteiger partial charge on any atom is -0.462 e. The second-order valence-electron chi connectivity index (χ2n) is 4.84. The summed E-state index contributed by atoms with van der Waals surface area (Å²) in [6, 6.07) is 3.54. The van der Waals surface area contributed by atoms with Gasteiger partial charge in [0.1, 0.15) is 5.82 Å². The molecule has 110 valence electrons. The van der Waals surface area contributed by atoms with Crippen molar-refractivity contribution in [3.05, 3.63) is 23.9 Å². The number of hydrogen-bond donors (Lipinski definition) is 1. The summed E-state index contributed by atoms with van der Waals surface area (Å²) < 4.78 is 10.5. The van der Waals surface area contributed by atoms with E-state index in [0.717, 1.165) is 12.4 Å². The molecule has 0 saturated carbocycles. The van der Waals surface area contributed by atoms with Gasteiger partial charge in [-0.3, -0.25) is 0 Å². The van der Waals surface area contributed by atoms with Crippen LogP contribution in [-0.2, 0) is 9.47 Å². The molecule has 0 aliphatic carbocycles. The van der Waals surface area contributed by atoms with Gasteiger partial charge in [0, 0.05) is 25.3 Å². The minimum absolute atomic E-state index is 0.00952. The van der Waals surface area contributed by atoms with Gasteiger partial charge in [0.2, 0.25) is 0 Å². The van der Waals surface area contributed by atoms with Crippen molar-refractivity contribution in [2.75, 3.05) is 31.2 Å². The molecule has 1 aromatic rings. The Labute approximate surface area is 118 Å². The highest BCUT2D eigenvalue weighted by Crippen LogP contribution is 2.17. The van der Waals surface area contributed by atoms with Crippen molar-refractivity contribution in [3.8, 4) is 0 Å². The van der Waals surface area contributed by atoms with E-state index in [2.05, 4.69) is 9.88 Å². The Bertz CT molecular complexity index is 447. The van der Waals surface area contributed by atoms with Gasteiger partial charge in [-0.1, -0.05) is 0 Å². The lowest BCUT2D eigenvalue weighted by Crippen LogP contribution is -2.49. The zero-order valence-corrected chi connectivity index (χ0v) is 11.9. The number of pyridine rings is 1. The van der Waals surface area contributed by atoms with E-state index < -0.39 is 0 Å². The summed E-state index contributed by atoms with van der Waals surface area (Å²) >= 11 is 0. The predicted molar refractivity (Wildman–Crippen MR) is 75.8 cm³/mol. The molecule has 1 aromatic heterocycles. The maximum absolute atomic E-state index is 11.6. The largest absolute Gasteiger partial charge is 0.462 e. The Morgan fingerprint density at radius 1 is 1.65 bits per heavy atom.